The zero-order valence-corrected chi connectivity index (χ0v) is 27.9. The van der Waals surface area contributed by atoms with Gasteiger partial charge in [-0.25, -0.2) is 4.98 Å². The van der Waals surface area contributed by atoms with Crippen molar-refractivity contribution in [3.63, 3.8) is 0 Å². The van der Waals surface area contributed by atoms with Crippen molar-refractivity contribution >= 4 is 32.6 Å². The fraction of sp³-hybridized carbons (Fsp3) is 0. The molecule has 0 spiro atoms. The van der Waals surface area contributed by atoms with Crippen molar-refractivity contribution < 1.29 is 0 Å². The van der Waals surface area contributed by atoms with E-state index in [0.29, 0.717) is 0 Å². The third kappa shape index (κ3) is 5.08. The highest BCUT2D eigenvalue weighted by Gasteiger charge is 2.17. The summed E-state index contributed by atoms with van der Waals surface area (Å²) >= 11 is 0. The van der Waals surface area contributed by atoms with Gasteiger partial charge in [0.1, 0.15) is 0 Å². The van der Waals surface area contributed by atoms with E-state index in [0.717, 1.165) is 39.3 Å². The molecule has 0 atom stereocenters. The van der Waals surface area contributed by atoms with Crippen LogP contribution >= 0.6 is 0 Å². The molecular weight excluding hydrogens is 617 g/mol. The van der Waals surface area contributed by atoms with E-state index >= 15 is 0 Å². The quantitative estimate of drug-likeness (QED) is 0.164. The van der Waals surface area contributed by atoms with E-state index in [1.165, 1.54) is 54.8 Å². The first-order valence-electron chi connectivity index (χ1n) is 17.5. The number of benzene rings is 8. The van der Waals surface area contributed by atoms with Crippen molar-refractivity contribution in [1.29, 1.82) is 0 Å². The summed E-state index contributed by atoms with van der Waals surface area (Å²) in [5, 5.41) is 5.19. The Morgan fingerprint density at radius 1 is 0.294 bits per heavy atom. The summed E-state index contributed by atoms with van der Waals surface area (Å²) in [6, 6.07) is 69.7. The van der Waals surface area contributed by atoms with Gasteiger partial charge in [0.2, 0.25) is 0 Å². The number of rotatable bonds is 6. The van der Waals surface area contributed by atoms with Crippen molar-refractivity contribution in [2.45, 2.75) is 0 Å². The molecule has 10 rings (SSSR count). The van der Waals surface area contributed by atoms with Gasteiger partial charge in [-0.1, -0.05) is 146 Å². The fourth-order valence-corrected chi connectivity index (χ4v) is 7.67. The minimum absolute atomic E-state index is 0.943. The van der Waals surface area contributed by atoms with Crippen LogP contribution in [0.1, 0.15) is 0 Å². The molecule has 0 aliphatic rings. The molecule has 0 amide bonds. The van der Waals surface area contributed by atoms with Gasteiger partial charge in [0.05, 0.1) is 22.4 Å². The normalized spacial score (nSPS) is 11.5. The van der Waals surface area contributed by atoms with E-state index in [-0.39, 0.29) is 0 Å². The zero-order valence-electron chi connectivity index (χ0n) is 27.9. The first-order chi connectivity index (χ1) is 25.3. The molecule has 8 aromatic carbocycles. The third-order valence-corrected chi connectivity index (χ3v) is 10.1. The van der Waals surface area contributed by atoms with Crippen LogP contribution in [-0.2, 0) is 0 Å². The summed E-state index contributed by atoms with van der Waals surface area (Å²) in [7, 11) is 0. The summed E-state index contributed by atoms with van der Waals surface area (Å²) < 4.78 is 2.40. The standard InChI is InChI=1S/C49H32N2/c1-3-11-33(12-4-1)38-17-7-19-40(29-38)42-31-44(50-45(32-42)41-20-8-18-39(30-41)34-13-5-2-6-14-34)35-25-27-43(28-26-35)51-46-21-9-15-36-23-24-37-16-10-22-47(51)49(37)48(36)46/h1-32H. The van der Waals surface area contributed by atoms with Gasteiger partial charge in [-0.2, -0.15) is 0 Å². The molecule has 0 aliphatic heterocycles. The molecule has 238 valence electrons. The molecule has 0 saturated heterocycles. The second kappa shape index (κ2) is 12.0. The Labute approximate surface area is 296 Å². The van der Waals surface area contributed by atoms with E-state index < -0.39 is 0 Å². The SMILES string of the molecule is c1ccc(-c2cccc(-c3cc(-c4ccc(-n5c6cccc7ccc8cccc5c8c76)cc4)nc(-c4cccc(-c5ccccc5)c4)c3)c2)cc1. The van der Waals surface area contributed by atoms with Crippen molar-refractivity contribution in [1.82, 2.24) is 9.55 Å². The number of nitrogens with zero attached hydrogens (tertiary/aromatic N) is 2. The molecule has 0 unspecified atom stereocenters. The average Bonchev–Trinajstić information content (AvgIpc) is 3.56. The summed E-state index contributed by atoms with van der Waals surface area (Å²) in [5.41, 5.74) is 14.7. The van der Waals surface area contributed by atoms with Crippen molar-refractivity contribution in [2.24, 2.45) is 0 Å². The molecule has 0 radical (unpaired) electrons. The number of hydrogen-bond donors (Lipinski definition) is 0. The van der Waals surface area contributed by atoms with E-state index in [1.807, 2.05) is 0 Å². The Kier molecular flexibility index (Phi) is 6.85. The van der Waals surface area contributed by atoms with Crippen LogP contribution < -0.4 is 0 Å². The fourth-order valence-electron chi connectivity index (χ4n) is 7.67. The van der Waals surface area contributed by atoms with E-state index in [2.05, 4.69) is 199 Å². The lowest BCUT2D eigenvalue weighted by Gasteiger charge is -2.13. The van der Waals surface area contributed by atoms with E-state index in [9.17, 15) is 0 Å². The monoisotopic (exact) mass is 648 g/mol. The minimum Gasteiger partial charge on any atom is -0.309 e. The maximum absolute atomic E-state index is 5.32. The van der Waals surface area contributed by atoms with Crippen LogP contribution in [0, 0.1) is 0 Å². The molecule has 2 heterocycles. The van der Waals surface area contributed by atoms with Crippen LogP contribution in [0.15, 0.2) is 194 Å². The van der Waals surface area contributed by atoms with Crippen molar-refractivity contribution in [3.05, 3.63) is 194 Å². The lowest BCUT2D eigenvalue weighted by Crippen LogP contribution is -1.95. The molecular formula is C49H32N2. The Hall–Kier alpha value is -6.77. The summed E-state index contributed by atoms with van der Waals surface area (Å²) in [5.74, 6) is 0. The average molecular weight is 649 g/mol. The molecule has 0 aliphatic carbocycles. The third-order valence-electron chi connectivity index (χ3n) is 10.1. The van der Waals surface area contributed by atoms with Crippen LogP contribution in [0.5, 0.6) is 0 Å². The first-order valence-corrected chi connectivity index (χ1v) is 17.5. The molecule has 0 fully saturated rings. The van der Waals surface area contributed by atoms with Gasteiger partial charge < -0.3 is 4.57 Å². The van der Waals surface area contributed by atoms with Crippen LogP contribution in [-0.4, -0.2) is 9.55 Å². The number of hydrogen-bond acceptors (Lipinski definition) is 1. The summed E-state index contributed by atoms with van der Waals surface area (Å²) in [6.45, 7) is 0. The Morgan fingerprint density at radius 3 is 1.31 bits per heavy atom. The molecule has 2 nitrogen and oxygen atoms in total. The van der Waals surface area contributed by atoms with Crippen LogP contribution in [0.3, 0.4) is 0 Å². The summed E-state index contributed by atoms with van der Waals surface area (Å²) in [6.07, 6.45) is 0. The first kappa shape index (κ1) is 29.2. The topological polar surface area (TPSA) is 17.8 Å². The number of aromatic nitrogens is 2. The lowest BCUT2D eigenvalue weighted by atomic mass is 9.96. The van der Waals surface area contributed by atoms with Crippen LogP contribution in [0.4, 0.5) is 0 Å². The number of pyridine rings is 1. The minimum atomic E-state index is 0.943. The second-order valence-corrected chi connectivity index (χ2v) is 13.2. The van der Waals surface area contributed by atoms with Crippen LogP contribution in [0.25, 0.3) is 94.2 Å². The predicted octanol–water partition coefficient (Wildman–Crippen LogP) is 13.1. The highest BCUT2D eigenvalue weighted by molar-refractivity contribution is 6.24. The van der Waals surface area contributed by atoms with Gasteiger partial charge >= 0.3 is 0 Å². The Bertz CT molecular complexity index is 2660. The van der Waals surface area contributed by atoms with E-state index in [4.69, 9.17) is 4.98 Å². The van der Waals surface area contributed by atoms with Crippen molar-refractivity contribution in [2.75, 3.05) is 0 Å². The molecule has 0 N–H and O–H groups in total. The van der Waals surface area contributed by atoms with Crippen molar-refractivity contribution in [3.8, 4) is 61.6 Å². The maximum atomic E-state index is 5.32. The molecule has 2 aromatic heterocycles. The second-order valence-electron chi connectivity index (χ2n) is 13.2. The van der Waals surface area contributed by atoms with Gasteiger partial charge in [-0.3, -0.25) is 0 Å². The molecule has 51 heavy (non-hydrogen) atoms. The largest absolute Gasteiger partial charge is 0.309 e. The lowest BCUT2D eigenvalue weighted by molar-refractivity contribution is 1.18. The zero-order chi connectivity index (χ0) is 33.7. The molecule has 2 heteroatoms. The Balaban J connectivity index is 1.11. The molecule has 0 bridgehead atoms. The Morgan fingerprint density at radius 2 is 0.745 bits per heavy atom. The van der Waals surface area contributed by atoms with Gasteiger partial charge in [0.25, 0.3) is 0 Å². The molecule has 10 aromatic rings. The van der Waals surface area contributed by atoms with Crippen LogP contribution in [0.2, 0.25) is 0 Å². The maximum Gasteiger partial charge on any atom is 0.0715 e. The van der Waals surface area contributed by atoms with E-state index in [1.54, 1.807) is 0 Å². The van der Waals surface area contributed by atoms with Gasteiger partial charge in [-0.05, 0) is 92.7 Å². The highest BCUT2D eigenvalue weighted by atomic mass is 15.0. The predicted molar refractivity (Wildman–Crippen MR) is 214 cm³/mol. The van der Waals surface area contributed by atoms with Gasteiger partial charge in [0, 0.05) is 27.6 Å². The summed E-state index contributed by atoms with van der Waals surface area (Å²) in [4.78, 5) is 5.32. The molecule has 0 saturated carbocycles. The smallest absolute Gasteiger partial charge is 0.0715 e. The van der Waals surface area contributed by atoms with Gasteiger partial charge in [0.15, 0.2) is 0 Å². The highest BCUT2D eigenvalue weighted by Crippen LogP contribution is 2.39. The van der Waals surface area contributed by atoms with Gasteiger partial charge in [-0.15, -0.1) is 0 Å².